The minimum absolute atomic E-state index is 0.610. The number of hydrogen-bond acceptors (Lipinski definition) is 6. The van der Waals surface area contributed by atoms with Gasteiger partial charge in [0.25, 0.3) is 0 Å². The molecule has 0 saturated heterocycles. The molecule has 0 saturated carbocycles. The highest BCUT2D eigenvalue weighted by molar-refractivity contribution is 5.87. The summed E-state index contributed by atoms with van der Waals surface area (Å²) >= 11 is 0. The third-order valence-electron chi connectivity index (χ3n) is 4.64. The van der Waals surface area contributed by atoms with Gasteiger partial charge in [-0.2, -0.15) is 5.10 Å². The van der Waals surface area contributed by atoms with Crippen LogP contribution in [0.4, 0.5) is 5.82 Å². The summed E-state index contributed by atoms with van der Waals surface area (Å²) in [6.45, 7) is 1.98. The van der Waals surface area contributed by atoms with E-state index in [-0.39, 0.29) is 0 Å². The van der Waals surface area contributed by atoms with Crippen molar-refractivity contribution in [3.63, 3.8) is 0 Å². The molecule has 0 aliphatic carbocycles. The first-order chi connectivity index (χ1) is 13.9. The normalized spacial score (nSPS) is 13.3. The Morgan fingerprint density at radius 1 is 0.964 bits per heavy atom. The molecule has 0 fully saturated rings. The van der Waals surface area contributed by atoms with Gasteiger partial charge in [-0.3, -0.25) is 0 Å². The molecular formula is C21H19N5O2. The van der Waals surface area contributed by atoms with Crippen LogP contribution in [0.15, 0.2) is 61.1 Å². The van der Waals surface area contributed by atoms with Crippen molar-refractivity contribution >= 4 is 16.9 Å². The van der Waals surface area contributed by atoms with Gasteiger partial charge in [-0.1, -0.05) is 24.3 Å². The van der Waals surface area contributed by atoms with Crippen molar-refractivity contribution in [2.75, 3.05) is 18.5 Å². The highest BCUT2D eigenvalue weighted by Crippen LogP contribution is 2.31. The summed E-state index contributed by atoms with van der Waals surface area (Å²) in [7, 11) is 0. The minimum atomic E-state index is 0.610. The number of ether oxygens (including phenoxy) is 2. The topological polar surface area (TPSA) is 74.1 Å². The maximum Gasteiger partial charge on any atom is 0.168 e. The van der Waals surface area contributed by atoms with E-state index < -0.39 is 0 Å². The van der Waals surface area contributed by atoms with Crippen LogP contribution >= 0.6 is 0 Å². The second-order valence-corrected chi connectivity index (χ2v) is 6.54. The molecule has 2 aromatic heterocycles. The number of benzene rings is 2. The number of anilines is 1. The molecule has 28 heavy (non-hydrogen) atoms. The summed E-state index contributed by atoms with van der Waals surface area (Å²) in [5.74, 6) is 2.34. The van der Waals surface area contributed by atoms with Crippen LogP contribution in [0, 0.1) is 0 Å². The highest BCUT2D eigenvalue weighted by Gasteiger charge is 2.13. The van der Waals surface area contributed by atoms with Gasteiger partial charge < -0.3 is 14.8 Å². The lowest BCUT2D eigenvalue weighted by Crippen LogP contribution is -2.04. The van der Waals surface area contributed by atoms with E-state index in [1.165, 1.54) is 0 Å². The first kappa shape index (κ1) is 16.6. The predicted molar refractivity (Wildman–Crippen MR) is 106 cm³/mol. The molecule has 1 N–H and O–H groups in total. The summed E-state index contributed by atoms with van der Waals surface area (Å²) in [5.41, 5.74) is 2.82. The highest BCUT2D eigenvalue weighted by atomic mass is 16.5. The summed E-state index contributed by atoms with van der Waals surface area (Å²) in [6, 6.07) is 15.9. The van der Waals surface area contributed by atoms with Crippen molar-refractivity contribution in [1.82, 2.24) is 19.7 Å². The van der Waals surface area contributed by atoms with E-state index in [2.05, 4.69) is 20.4 Å². The van der Waals surface area contributed by atoms with Gasteiger partial charge in [-0.05, 0) is 29.8 Å². The van der Waals surface area contributed by atoms with Crippen molar-refractivity contribution in [3.8, 4) is 17.2 Å². The Balaban J connectivity index is 1.40. The van der Waals surface area contributed by atoms with Gasteiger partial charge >= 0.3 is 0 Å². The molecule has 0 bridgehead atoms. The summed E-state index contributed by atoms with van der Waals surface area (Å²) in [6.07, 6.45) is 4.24. The number of rotatable bonds is 4. The molecule has 5 rings (SSSR count). The van der Waals surface area contributed by atoms with Crippen molar-refractivity contribution in [2.24, 2.45) is 0 Å². The average molecular weight is 373 g/mol. The fraction of sp³-hybridized carbons (Fsp3) is 0.190. The molecule has 0 radical (unpaired) electrons. The van der Waals surface area contributed by atoms with Gasteiger partial charge in [0.2, 0.25) is 0 Å². The van der Waals surface area contributed by atoms with Crippen molar-refractivity contribution in [3.05, 3.63) is 66.6 Å². The van der Waals surface area contributed by atoms with Crippen LogP contribution in [0.5, 0.6) is 11.5 Å². The molecule has 0 spiro atoms. The van der Waals surface area contributed by atoms with Crippen LogP contribution in [0.1, 0.15) is 12.0 Å². The number of para-hydroxylation sites is 1. The fourth-order valence-corrected chi connectivity index (χ4v) is 3.25. The maximum absolute atomic E-state index is 5.77. The van der Waals surface area contributed by atoms with E-state index in [0.29, 0.717) is 19.8 Å². The number of nitrogens with one attached hydrogen (secondary N) is 1. The molecule has 7 nitrogen and oxygen atoms in total. The van der Waals surface area contributed by atoms with E-state index in [1.807, 2.05) is 53.2 Å². The lowest BCUT2D eigenvalue weighted by atomic mass is 10.2. The fourth-order valence-electron chi connectivity index (χ4n) is 3.25. The monoisotopic (exact) mass is 373 g/mol. The van der Waals surface area contributed by atoms with E-state index in [1.54, 1.807) is 12.5 Å². The summed E-state index contributed by atoms with van der Waals surface area (Å²) < 4.78 is 13.3. The minimum Gasteiger partial charge on any atom is -0.490 e. The average Bonchev–Trinajstić information content (AvgIpc) is 3.04. The molecule has 2 aromatic carbocycles. The van der Waals surface area contributed by atoms with E-state index in [4.69, 9.17) is 9.47 Å². The Labute approximate surface area is 162 Å². The maximum atomic E-state index is 5.77. The molecular weight excluding hydrogens is 354 g/mol. The molecule has 4 aromatic rings. The Hall–Kier alpha value is -3.61. The zero-order chi connectivity index (χ0) is 18.8. The Bertz CT molecular complexity index is 1110. The van der Waals surface area contributed by atoms with E-state index >= 15 is 0 Å². The number of nitrogens with zero attached hydrogens (tertiary/aromatic N) is 4. The SMILES string of the molecule is c1ccc(-n2ncc3c(NCc4ccc5c(c4)OCCCO5)ncnc32)cc1. The van der Waals surface area contributed by atoms with Gasteiger partial charge in [0, 0.05) is 13.0 Å². The lowest BCUT2D eigenvalue weighted by molar-refractivity contribution is 0.297. The van der Waals surface area contributed by atoms with E-state index in [9.17, 15) is 0 Å². The standard InChI is InChI=1S/C21H19N5O2/c1-2-5-16(6-3-1)26-21-17(13-25-26)20(23-14-24-21)22-12-15-7-8-18-19(11-15)28-10-4-9-27-18/h1-3,5-8,11,13-14H,4,9-10,12H2,(H,22,23,24). The number of fused-ring (bicyclic) bond motifs is 2. The van der Waals surface area contributed by atoms with Crippen molar-refractivity contribution < 1.29 is 9.47 Å². The largest absolute Gasteiger partial charge is 0.490 e. The second-order valence-electron chi connectivity index (χ2n) is 6.54. The first-order valence-electron chi connectivity index (χ1n) is 9.25. The van der Waals surface area contributed by atoms with E-state index in [0.717, 1.165) is 46.0 Å². The van der Waals surface area contributed by atoms with Gasteiger partial charge in [0.05, 0.1) is 30.5 Å². The lowest BCUT2D eigenvalue weighted by Gasteiger charge is -2.11. The van der Waals surface area contributed by atoms with Crippen LogP contribution in [-0.4, -0.2) is 33.0 Å². The summed E-state index contributed by atoms with van der Waals surface area (Å²) in [4.78, 5) is 8.81. The van der Waals surface area contributed by atoms with Crippen LogP contribution in [0.3, 0.4) is 0 Å². The molecule has 0 atom stereocenters. The predicted octanol–water partition coefficient (Wildman–Crippen LogP) is 3.59. The van der Waals surface area contributed by atoms with Crippen molar-refractivity contribution in [2.45, 2.75) is 13.0 Å². The van der Waals surface area contributed by atoms with Gasteiger partial charge in [0.15, 0.2) is 17.1 Å². The molecule has 0 unspecified atom stereocenters. The second kappa shape index (κ2) is 7.19. The number of aromatic nitrogens is 4. The molecule has 1 aliphatic rings. The van der Waals surface area contributed by atoms with Crippen LogP contribution in [-0.2, 0) is 6.54 Å². The Morgan fingerprint density at radius 2 is 1.82 bits per heavy atom. The van der Waals surface area contributed by atoms with Crippen LogP contribution < -0.4 is 14.8 Å². The third kappa shape index (κ3) is 3.11. The smallest absolute Gasteiger partial charge is 0.168 e. The molecule has 140 valence electrons. The molecule has 0 amide bonds. The van der Waals surface area contributed by atoms with Gasteiger partial charge in [0.1, 0.15) is 12.1 Å². The zero-order valence-corrected chi connectivity index (χ0v) is 15.2. The van der Waals surface area contributed by atoms with Crippen LogP contribution in [0.2, 0.25) is 0 Å². The Morgan fingerprint density at radius 3 is 2.71 bits per heavy atom. The Kier molecular flexibility index (Phi) is 4.25. The summed E-state index contributed by atoms with van der Waals surface area (Å²) in [5, 5.41) is 8.75. The zero-order valence-electron chi connectivity index (χ0n) is 15.2. The van der Waals surface area contributed by atoms with Crippen molar-refractivity contribution in [1.29, 1.82) is 0 Å². The number of hydrogen-bond donors (Lipinski definition) is 1. The quantitative estimate of drug-likeness (QED) is 0.589. The van der Waals surface area contributed by atoms with Gasteiger partial charge in [-0.25, -0.2) is 14.6 Å². The molecule has 7 heteroatoms. The third-order valence-corrected chi connectivity index (χ3v) is 4.64. The van der Waals surface area contributed by atoms with Crippen LogP contribution in [0.25, 0.3) is 16.7 Å². The molecule has 3 heterocycles. The van der Waals surface area contributed by atoms with Gasteiger partial charge in [-0.15, -0.1) is 0 Å². The first-order valence-corrected chi connectivity index (χ1v) is 9.25. The molecule has 1 aliphatic heterocycles.